The van der Waals surface area contributed by atoms with E-state index in [-0.39, 0.29) is 17.2 Å². The van der Waals surface area contributed by atoms with Crippen molar-refractivity contribution in [2.75, 3.05) is 5.75 Å². The van der Waals surface area contributed by atoms with Gasteiger partial charge in [-0.3, -0.25) is 9.78 Å². The molecule has 0 aliphatic heterocycles. The SMILES string of the molecule is CC(C)(C)NC(=O)CSc1nnc2ccc(-c3cccnc3)nn12. The van der Waals surface area contributed by atoms with Gasteiger partial charge in [-0.25, -0.2) is 0 Å². The number of hydrogen-bond acceptors (Lipinski definition) is 6. The van der Waals surface area contributed by atoms with E-state index < -0.39 is 0 Å². The van der Waals surface area contributed by atoms with Crippen LogP contribution in [0.15, 0.2) is 41.8 Å². The zero-order valence-corrected chi connectivity index (χ0v) is 14.5. The van der Waals surface area contributed by atoms with E-state index in [9.17, 15) is 4.79 Å². The van der Waals surface area contributed by atoms with Gasteiger partial charge in [-0.2, -0.15) is 9.61 Å². The van der Waals surface area contributed by atoms with Crippen molar-refractivity contribution in [3.05, 3.63) is 36.7 Å². The van der Waals surface area contributed by atoms with E-state index in [0.29, 0.717) is 10.8 Å². The lowest BCUT2D eigenvalue weighted by Gasteiger charge is -2.20. The number of rotatable bonds is 4. The Hall–Kier alpha value is -2.48. The first kappa shape index (κ1) is 16.4. The van der Waals surface area contributed by atoms with Gasteiger partial charge >= 0.3 is 0 Å². The van der Waals surface area contributed by atoms with Crippen LogP contribution in [0.3, 0.4) is 0 Å². The third kappa shape index (κ3) is 3.88. The smallest absolute Gasteiger partial charge is 0.230 e. The fourth-order valence-electron chi connectivity index (χ4n) is 2.11. The maximum Gasteiger partial charge on any atom is 0.230 e. The second-order valence-electron chi connectivity index (χ2n) is 6.30. The summed E-state index contributed by atoms with van der Waals surface area (Å²) in [6.07, 6.45) is 3.47. The van der Waals surface area contributed by atoms with Crippen LogP contribution in [0.25, 0.3) is 16.9 Å². The summed E-state index contributed by atoms with van der Waals surface area (Å²) in [7, 11) is 0. The maximum atomic E-state index is 12.0. The quantitative estimate of drug-likeness (QED) is 0.732. The number of fused-ring (bicyclic) bond motifs is 1. The maximum absolute atomic E-state index is 12.0. The molecule has 0 bridgehead atoms. The highest BCUT2D eigenvalue weighted by Crippen LogP contribution is 2.20. The monoisotopic (exact) mass is 342 g/mol. The molecule has 1 amide bonds. The lowest BCUT2D eigenvalue weighted by Crippen LogP contribution is -2.41. The van der Waals surface area contributed by atoms with Gasteiger partial charge in [0.1, 0.15) is 0 Å². The highest BCUT2D eigenvalue weighted by atomic mass is 32.2. The molecule has 0 saturated heterocycles. The number of pyridine rings is 1. The van der Waals surface area contributed by atoms with Crippen LogP contribution in [0.4, 0.5) is 0 Å². The van der Waals surface area contributed by atoms with Gasteiger partial charge in [0.15, 0.2) is 5.65 Å². The number of nitrogens with one attached hydrogen (secondary N) is 1. The molecule has 0 saturated carbocycles. The summed E-state index contributed by atoms with van der Waals surface area (Å²) in [5, 5.41) is 16.3. The molecule has 3 aromatic rings. The van der Waals surface area contributed by atoms with Gasteiger partial charge < -0.3 is 5.32 Å². The molecule has 0 aliphatic carbocycles. The Kier molecular flexibility index (Phi) is 4.48. The summed E-state index contributed by atoms with van der Waals surface area (Å²) in [5.41, 5.74) is 2.07. The molecule has 0 unspecified atom stereocenters. The van der Waals surface area contributed by atoms with E-state index >= 15 is 0 Å². The molecule has 3 rings (SSSR count). The van der Waals surface area contributed by atoms with Gasteiger partial charge in [-0.1, -0.05) is 11.8 Å². The Bertz CT molecular complexity index is 856. The molecule has 0 spiro atoms. The van der Waals surface area contributed by atoms with Gasteiger partial charge in [-0.15, -0.1) is 10.2 Å². The number of aromatic nitrogens is 5. The first-order valence-corrected chi connectivity index (χ1v) is 8.48. The summed E-state index contributed by atoms with van der Waals surface area (Å²) in [6, 6.07) is 7.53. The van der Waals surface area contributed by atoms with E-state index in [1.54, 1.807) is 16.9 Å². The normalized spacial score (nSPS) is 11.6. The molecule has 0 atom stereocenters. The predicted molar refractivity (Wildman–Crippen MR) is 92.6 cm³/mol. The van der Waals surface area contributed by atoms with Crippen LogP contribution in [0, 0.1) is 0 Å². The lowest BCUT2D eigenvalue weighted by molar-refractivity contribution is -0.119. The first-order valence-electron chi connectivity index (χ1n) is 7.49. The lowest BCUT2D eigenvalue weighted by atomic mass is 10.1. The van der Waals surface area contributed by atoms with Crippen LogP contribution in [0.1, 0.15) is 20.8 Å². The van der Waals surface area contributed by atoms with Crippen molar-refractivity contribution in [2.24, 2.45) is 0 Å². The summed E-state index contributed by atoms with van der Waals surface area (Å²) in [5.74, 6) is 0.212. The van der Waals surface area contributed by atoms with Crippen LogP contribution >= 0.6 is 11.8 Å². The number of carbonyl (C=O) groups excluding carboxylic acids is 1. The van der Waals surface area contributed by atoms with Crippen LogP contribution in [-0.4, -0.2) is 42.0 Å². The van der Waals surface area contributed by atoms with Crippen molar-refractivity contribution in [2.45, 2.75) is 31.5 Å². The Morgan fingerprint density at radius 1 is 1.25 bits per heavy atom. The highest BCUT2D eigenvalue weighted by Gasteiger charge is 2.16. The molecule has 8 heteroatoms. The number of amides is 1. The van der Waals surface area contributed by atoms with Crippen molar-refractivity contribution >= 4 is 23.3 Å². The molecule has 0 fully saturated rings. The Balaban J connectivity index is 1.80. The Morgan fingerprint density at radius 2 is 2.08 bits per heavy atom. The largest absolute Gasteiger partial charge is 0.351 e. The molecule has 0 radical (unpaired) electrons. The predicted octanol–water partition coefficient (Wildman–Crippen LogP) is 2.19. The minimum Gasteiger partial charge on any atom is -0.351 e. The zero-order valence-electron chi connectivity index (χ0n) is 13.7. The van der Waals surface area contributed by atoms with E-state index in [2.05, 4.69) is 25.6 Å². The third-order valence-corrected chi connectivity index (χ3v) is 3.96. The average molecular weight is 342 g/mol. The van der Waals surface area contributed by atoms with Crippen LogP contribution in [0.2, 0.25) is 0 Å². The third-order valence-electron chi connectivity index (χ3n) is 3.04. The summed E-state index contributed by atoms with van der Waals surface area (Å²) < 4.78 is 1.65. The first-order chi connectivity index (χ1) is 11.4. The number of carbonyl (C=O) groups is 1. The average Bonchev–Trinajstić information content (AvgIpc) is 2.94. The Morgan fingerprint density at radius 3 is 2.79 bits per heavy atom. The summed E-state index contributed by atoms with van der Waals surface area (Å²) in [6.45, 7) is 5.84. The molecular weight excluding hydrogens is 324 g/mol. The van der Waals surface area contributed by atoms with Gasteiger partial charge in [0.25, 0.3) is 0 Å². The fourth-order valence-corrected chi connectivity index (χ4v) is 2.80. The van der Waals surface area contributed by atoms with Crippen molar-refractivity contribution < 1.29 is 4.79 Å². The summed E-state index contributed by atoms with van der Waals surface area (Å²) >= 11 is 1.31. The minimum absolute atomic E-state index is 0.0485. The van der Waals surface area contributed by atoms with Gasteiger partial charge in [0.05, 0.1) is 11.4 Å². The fraction of sp³-hybridized carbons (Fsp3) is 0.312. The van der Waals surface area contributed by atoms with Crippen LogP contribution < -0.4 is 5.32 Å². The van der Waals surface area contributed by atoms with Gasteiger partial charge in [0, 0.05) is 23.5 Å². The van der Waals surface area contributed by atoms with Crippen molar-refractivity contribution in [3.63, 3.8) is 0 Å². The van der Waals surface area contributed by atoms with Crippen molar-refractivity contribution in [3.8, 4) is 11.3 Å². The standard InChI is InChI=1S/C16H18N6OS/c1-16(2,3)18-14(23)10-24-15-20-19-13-7-6-12(21-22(13)15)11-5-4-8-17-9-11/h4-9H,10H2,1-3H3,(H,18,23). The molecule has 3 heterocycles. The topological polar surface area (TPSA) is 85.1 Å². The van der Waals surface area contributed by atoms with E-state index in [1.165, 1.54) is 11.8 Å². The van der Waals surface area contributed by atoms with Crippen LogP contribution in [-0.2, 0) is 4.79 Å². The van der Waals surface area contributed by atoms with E-state index in [4.69, 9.17) is 0 Å². The molecule has 1 N–H and O–H groups in total. The number of hydrogen-bond donors (Lipinski definition) is 1. The molecule has 124 valence electrons. The molecular formula is C16H18N6OS. The van der Waals surface area contributed by atoms with E-state index in [0.717, 1.165) is 11.3 Å². The number of nitrogens with zero attached hydrogens (tertiary/aromatic N) is 5. The molecule has 24 heavy (non-hydrogen) atoms. The second kappa shape index (κ2) is 6.56. The molecule has 0 aliphatic rings. The van der Waals surface area contributed by atoms with Crippen molar-refractivity contribution in [1.82, 2.24) is 30.1 Å². The number of thioether (sulfide) groups is 1. The highest BCUT2D eigenvalue weighted by molar-refractivity contribution is 7.99. The van der Waals surface area contributed by atoms with Crippen molar-refractivity contribution in [1.29, 1.82) is 0 Å². The van der Waals surface area contributed by atoms with Gasteiger partial charge in [-0.05, 0) is 45.0 Å². The summed E-state index contributed by atoms with van der Waals surface area (Å²) in [4.78, 5) is 16.1. The minimum atomic E-state index is -0.254. The second-order valence-corrected chi connectivity index (χ2v) is 7.24. The molecule has 3 aromatic heterocycles. The van der Waals surface area contributed by atoms with Crippen LogP contribution in [0.5, 0.6) is 0 Å². The van der Waals surface area contributed by atoms with Gasteiger partial charge in [0.2, 0.25) is 11.1 Å². The Labute approximate surface area is 143 Å². The zero-order chi connectivity index (χ0) is 17.2. The van der Waals surface area contributed by atoms with E-state index in [1.807, 2.05) is 45.0 Å². The molecule has 7 nitrogen and oxygen atoms in total. The molecule has 0 aromatic carbocycles.